The maximum Gasteiger partial charge on any atom is 0.413 e. The SMILES string of the molecule is Cc1c(Cl)ccc(S(=O)(=O)NC/C=C/C(=O)N(C)Cc2ccc(C3=NCCN3C(=O)O)cc2)c1Cl. The van der Waals surface area contributed by atoms with E-state index < -0.39 is 16.1 Å². The van der Waals surface area contributed by atoms with Crippen LogP contribution in [-0.4, -0.2) is 67.8 Å². The van der Waals surface area contributed by atoms with Gasteiger partial charge in [-0.05, 0) is 30.2 Å². The molecule has 1 heterocycles. The zero-order valence-electron chi connectivity index (χ0n) is 19.0. The second-order valence-corrected chi connectivity index (χ2v) is 10.3. The first-order chi connectivity index (χ1) is 16.5. The predicted octanol–water partition coefficient (Wildman–Crippen LogP) is 3.54. The lowest BCUT2D eigenvalue weighted by molar-refractivity contribution is -0.125. The molecule has 0 bridgehead atoms. The summed E-state index contributed by atoms with van der Waals surface area (Å²) in [5, 5.41) is 9.66. The average molecular weight is 539 g/mol. The highest BCUT2D eigenvalue weighted by molar-refractivity contribution is 7.89. The summed E-state index contributed by atoms with van der Waals surface area (Å²) in [4.78, 5) is 30.5. The first-order valence-electron chi connectivity index (χ1n) is 10.5. The van der Waals surface area contributed by atoms with Crippen molar-refractivity contribution < 1.29 is 23.1 Å². The second kappa shape index (κ2) is 11.2. The molecule has 0 aliphatic carbocycles. The topological polar surface area (TPSA) is 119 Å². The molecule has 12 heteroatoms. The molecular formula is C23H24Cl2N4O5S. The van der Waals surface area contributed by atoms with Crippen molar-refractivity contribution in [1.29, 1.82) is 0 Å². The molecule has 2 amide bonds. The highest BCUT2D eigenvalue weighted by Gasteiger charge is 2.24. The number of hydrogen-bond acceptors (Lipinski definition) is 5. The number of nitrogens with one attached hydrogen (secondary N) is 1. The Bertz CT molecular complexity index is 1290. The number of benzene rings is 2. The van der Waals surface area contributed by atoms with Gasteiger partial charge in [0, 0.05) is 36.8 Å². The minimum Gasteiger partial charge on any atom is -0.465 e. The number of amides is 2. The van der Waals surface area contributed by atoms with Crippen LogP contribution < -0.4 is 4.72 Å². The molecule has 0 spiro atoms. The largest absolute Gasteiger partial charge is 0.465 e. The van der Waals surface area contributed by atoms with Crippen LogP contribution in [0.25, 0.3) is 0 Å². The van der Waals surface area contributed by atoms with Crippen LogP contribution >= 0.6 is 23.2 Å². The highest BCUT2D eigenvalue weighted by atomic mass is 35.5. The standard InChI is InChI=1S/C23H24Cl2N4O5S/c1-15-18(24)9-10-19(21(15)25)35(33,34)27-11-3-4-20(30)28(2)14-16-5-7-17(8-6-16)22-26-12-13-29(22)23(31)32/h3-10,27H,11-14H2,1-2H3,(H,31,32)/b4-3+. The van der Waals surface area contributed by atoms with E-state index in [0.717, 1.165) is 5.56 Å². The summed E-state index contributed by atoms with van der Waals surface area (Å²) in [7, 11) is -2.26. The summed E-state index contributed by atoms with van der Waals surface area (Å²) >= 11 is 12.1. The Morgan fingerprint density at radius 2 is 1.89 bits per heavy atom. The van der Waals surface area contributed by atoms with Gasteiger partial charge < -0.3 is 10.0 Å². The van der Waals surface area contributed by atoms with Crippen molar-refractivity contribution in [1.82, 2.24) is 14.5 Å². The van der Waals surface area contributed by atoms with Gasteiger partial charge in [-0.15, -0.1) is 0 Å². The van der Waals surface area contributed by atoms with Crippen LogP contribution in [0.3, 0.4) is 0 Å². The number of hydrogen-bond donors (Lipinski definition) is 2. The molecule has 186 valence electrons. The number of amidine groups is 1. The number of carboxylic acid groups (broad SMARTS) is 1. The minimum absolute atomic E-state index is 0.0477. The van der Waals surface area contributed by atoms with E-state index in [0.29, 0.717) is 41.6 Å². The zero-order chi connectivity index (χ0) is 25.8. The van der Waals surface area contributed by atoms with Crippen molar-refractivity contribution in [2.45, 2.75) is 18.4 Å². The summed E-state index contributed by atoms with van der Waals surface area (Å²) in [5.74, 6) is 0.0970. The van der Waals surface area contributed by atoms with Crippen molar-refractivity contribution in [2.24, 2.45) is 4.99 Å². The lowest BCUT2D eigenvalue weighted by atomic mass is 10.1. The lowest BCUT2D eigenvalue weighted by Gasteiger charge is -2.17. The van der Waals surface area contributed by atoms with Crippen LogP contribution in [-0.2, 0) is 21.4 Å². The summed E-state index contributed by atoms with van der Waals surface area (Å²) in [5.41, 5.74) is 1.99. The van der Waals surface area contributed by atoms with E-state index in [4.69, 9.17) is 23.2 Å². The van der Waals surface area contributed by atoms with Gasteiger partial charge in [-0.2, -0.15) is 0 Å². The number of nitrogens with zero attached hydrogens (tertiary/aromatic N) is 3. The molecule has 0 fully saturated rings. The van der Waals surface area contributed by atoms with Crippen molar-refractivity contribution in [3.8, 4) is 0 Å². The third-order valence-electron chi connectivity index (χ3n) is 5.31. The van der Waals surface area contributed by atoms with Crippen LogP contribution in [0.2, 0.25) is 10.0 Å². The molecule has 0 aromatic heterocycles. The van der Waals surface area contributed by atoms with Crippen molar-refractivity contribution >= 4 is 51.1 Å². The van der Waals surface area contributed by atoms with Gasteiger partial charge >= 0.3 is 6.09 Å². The van der Waals surface area contributed by atoms with Crippen LogP contribution in [0.4, 0.5) is 4.79 Å². The number of halogens is 2. The molecule has 2 aromatic rings. The summed E-state index contributed by atoms with van der Waals surface area (Å²) in [6.07, 6.45) is 1.65. The molecular weight excluding hydrogens is 515 g/mol. The Balaban J connectivity index is 1.54. The average Bonchev–Trinajstić information content (AvgIpc) is 3.31. The molecule has 1 aliphatic rings. The minimum atomic E-state index is -3.88. The fraction of sp³-hybridized carbons (Fsp3) is 0.261. The van der Waals surface area contributed by atoms with Crippen LogP contribution in [0.5, 0.6) is 0 Å². The zero-order valence-corrected chi connectivity index (χ0v) is 21.4. The third kappa shape index (κ3) is 6.40. The van der Waals surface area contributed by atoms with Gasteiger partial charge in [0.2, 0.25) is 15.9 Å². The maximum atomic E-state index is 12.5. The van der Waals surface area contributed by atoms with E-state index in [2.05, 4.69) is 9.71 Å². The molecule has 0 radical (unpaired) electrons. The molecule has 3 rings (SSSR count). The fourth-order valence-electron chi connectivity index (χ4n) is 3.36. The van der Waals surface area contributed by atoms with E-state index in [-0.39, 0.29) is 22.4 Å². The third-order valence-corrected chi connectivity index (χ3v) is 7.78. The smallest absolute Gasteiger partial charge is 0.413 e. The Morgan fingerprint density at radius 3 is 2.54 bits per heavy atom. The number of likely N-dealkylation sites (N-methyl/N-ethyl adjacent to an activating group) is 1. The highest BCUT2D eigenvalue weighted by Crippen LogP contribution is 2.30. The Labute approximate surface area is 213 Å². The number of rotatable bonds is 8. The summed E-state index contributed by atoms with van der Waals surface area (Å²) in [6.45, 7) is 2.59. The summed E-state index contributed by atoms with van der Waals surface area (Å²) in [6, 6.07) is 9.92. The van der Waals surface area contributed by atoms with Crippen LogP contribution in [0.15, 0.2) is 58.4 Å². The van der Waals surface area contributed by atoms with Crippen molar-refractivity contribution in [3.63, 3.8) is 0 Å². The van der Waals surface area contributed by atoms with E-state index in [1.807, 2.05) is 0 Å². The van der Waals surface area contributed by atoms with Crippen LogP contribution in [0, 0.1) is 6.92 Å². The number of carbonyl (C=O) groups excluding carboxylic acids is 1. The Morgan fingerprint density at radius 1 is 1.20 bits per heavy atom. The predicted molar refractivity (Wildman–Crippen MR) is 135 cm³/mol. The number of aliphatic imine (C=N–C) groups is 1. The first kappa shape index (κ1) is 26.7. The molecule has 0 unspecified atom stereocenters. The monoisotopic (exact) mass is 538 g/mol. The van der Waals surface area contributed by atoms with Gasteiger partial charge in [0.25, 0.3) is 0 Å². The molecule has 2 aromatic carbocycles. The van der Waals surface area contributed by atoms with Gasteiger partial charge in [-0.25, -0.2) is 17.9 Å². The van der Waals surface area contributed by atoms with Crippen molar-refractivity contribution in [3.05, 3.63) is 75.3 Å². The van der Waals surface area contributed by atoms with Gasteiger partial charge in [-0.3, -0.25) is 14.7 Å². The molecule has 0 saturated heterocycles. The number of sulfonamides is 1. The van der Waals surface area contributed by atoms with E-state index >= 15 is 0 Å². The van der Waals surface area contributed by atoms with Gasteiger partial charge in [0.05, 0.1) is 18.1 Å². The molecule has 2 N–H and O–H groups in total. The Hall–Kier alpha value is -2.92. The van der Waals surface area contributed by atoms with E-state index in [9.17, 15) is 23.1 Å². The first-order valence-corrected chi connectivity index (χ1v) is 12.8. The molecule has 0 saturated carbocycles. The molecule has 9 nitrogen and oxygen atoms in total. The van der Waals surface area contributed by atoms with E-state index in [1.165, 1.54) is 34.1 Å². The van der Waals surface area contributed by atoms with Gasteiger partial charge in [0.15, 0.2) is 0 Å². The van der Waals surface area contributed by atoms with E-state index in [1.54, 1.807) is 38.2 Å². The quantitative estimate of drug-likeness (QED) is 0.498. The van der Waals surface area contributed by atoms with Gasteiger partial charge in [-0.1, -0.05) is 53.5 Å². The Kier molecular flexibility index (Phi) is 8.55. The molecule has 1 aliphatic heterocycles. The van der Waals surface area contributed by atoms with Gasteiger partial charge in [0.1, 0.15) is 10.7 Å². The normalized spacial score (nSPS) is 13.8. The number of carbonyl (C=O) groups is 2. The fourth-order valence-corrected chi connectivity index (χ4v) is 5.14. The second-order valence-electron chi connectivity index (χ2n) is 7.77. The molecule has 35 heavy (non-hydrogen) atoms. The van der Waals surface area contributed by atoms with Crippen LogP contribution in [0.1, 0.15) is 16.7 Å². The maximum absolute atomic E-state index is 12.5. The summed E-state index contributed by atoms with van der Waals surface area (Å²) < 4.78 is 27.4. The lowest BCUT2D eigenvalue weighted by Crippen LogP contribution is -2.33. The van der Waals surface area contributed by atoms with Crippen molar-refractivity contribution in [2.75, 3.05) is 26.7 Å². The molecule has 0 atom stereocenters.